The molecule has 2 aliphatic rings. The van der Waals surface area contributed by atoms with Gasteiger partial charge in [0.2, 0.25) is 5.91 Å². The van der Waals surface area contributed by atoms with Gasteiger partial charge in [-0.2, -0.15) is 0 Å². The van der Waals surface area contributed by atoms with E-state index in [1.165, 1.54) is 24.3 Å². The van der Waals surface area contributed by atoms with Gasteiger partial charge in [0.1, 0.15) is 0 Å². The predicted octanol–water partition coefficient (Wildman–Crippen LogP) is 2.01. The number of hydrogen-bond donors (Lipinski definition) is 5. The molecule has 2 unspecified atom stereocenters. The third kappa shape index (κ3) is 6.76. The molecule has 0 spiro atoms. The quantitative estimate of drug-likeness (QED) is 0.411. The van der Waals surface area contributed by atoms with Crippen LogP contribution in [0.2, 0.25) is 0 Å². The fraction of sp³-hybridized carbons (Fsp3) is 0.474. The molecule has 2 atom stereocenters. The lowest BCUT2D eigenvalue weighted by Crippen LogP contribution is -2.36. The Bertz CT molecular complexity index is 668. The number of amides is 1. The molecule has 0 bridgehead atoms. The van der Waals surface area contributed by atoms with Crippen molar-refractivity contribution >= 4 is 18.0 Å². The van der Waals surface area contributed by atoms with E-state index in [-0.39, 0.29) is 29.4 Å². The van der Waals surface area contributed by atoms with Gasteiger partial charge in [-0.3, -0.25) is 4.79 Å². The van der Waals surface area contributed by atoms with E-state index in [1.54, 1.807) is 0 Å². The molecule has 2 saturated carbocycles. The average Bonchev–Trinajstić information content (AvgIpc) is 3.40. The molecule has 0 heterocycles. The summed E-state index contributed by atoms with van der Waals surface area (Å²) in [5.41, 5.74) is 0.512. The first-order valence-corrected chi connectivity index (χ1v) is 8.76. The summed E-state index contributed by atoms with van der Waals surface area (Å²) in [6, 6.07) is 4.51. The van der Waals surface area contributed by atoms with Crippen LogP contribution in [0.25, 0.3) is 6.08 Å². The van der Waals surface area contributed by atoms with E-state index in [9.17, 15) is 14.7 Å². The van der Waals surface area contributed by atoms with Gasteiger partial charge < -0.3 is 25.7 Å². The second kappa shape index (κ2) is 9.24. The number of aliphatic hydroxyl groups is 1. The van der Waals surface area contributed by atoms with E-state index < -0.39 is 5.97 Å². The van der Waals surface area contributed by atoms with Crippen LogP contribution < -0.4 is 5.32 Å². The highest BCUT2D eigenvalue weighted by atomic mass is 16.4. The van der Waals surface area contributed by atoms with Gasteiger partial charge in [0.25, 0.3) is 0 Å². The van der Waals surface area contributed by atoms with E-state index >= 15 is 0 Å². The number of nitrogens with one attached hydrogen (secondary N) is 1. The zero-order chi connectivity index (χ0) is 19.1. The molecule has 0 aromatic heterocycles. The van der Waals surface area contributed by atoms with Crippen molar-refractivity contribution in [3.8, 4) is 11.5 Å². The number of aliphatic carboxylic acids is 1. The van der Waals surface area contributed by atoms with Crippen molar-refractivity contribution in [1.82, 2.24) is 5.32 Å². The third-order valence-corrected chi connectivity index (χ3v) is 4.36. The topological polar surface area (TPSA) is 127 Å². The summed E-state index contributed by atoms with van der Waals surface area (Å²) in [7, 11) is 0. The Labute approximate surface area is 152 Å². The maximum atomic E-state index is 11.6. The minimum atomic E-state index is -1.06. The number of rotatable bonds is 4. The van der Waals surface area contributed by atoms with E-state index in [0.717, 1.165) is 38.2 Å². The van der Waals surface area contributed by atoms with Crippen LogP contribution in [0.4, 0.5) is 0 Å². The van der Waals surface area contributed by atoms with E-state index in [0.29, 0.717) is 18.0 Å². The highest BCUT2D eigenvalue weighted by molar-refractivity contribution is 5.85. The molecule has 2 aliphatic carbocycles. The lowest BCUT2D eigenvalue weighted by Gasteiger charge is -2.24. The van der Waals surface area contributed by atoms with Crippen molar-refractivity contribution in [2.45, 2.75) is 50.7 Å². The van der Waals surface area contributed by atoms with E-state index in [2.05, 4.69) is 5.32 Å². The van der Waals surface area contributed by atoms with Crippen LogP contribution in [0.15, 0.2) is 24.3 Å². The van der Waals surface area contributed by atoms with Crippen molar-refractivity contribution in [2.75, 3.05) is 0 Å². The summed E-state index contributed by atoms with van der Waals surface area (Å²) in [6.07, 6.45) is 7.78. The molecular weight excluding hydrogens is 338 g/mol. The number of aromatic hydroxyl groups is 2. The zero-order valence-electron chi connectivity index (χ0n) is 14.5. The molecule has 0 radical (unpaired) electrons. The average molecular weight is 363 g/mol. The number of phenolic OH excluding ortho intramolecular Hbond substituents is 2. The van der Waals surface area contributed by atoms with Crippen LogP contribution in [-0.4, -0.2) is 44.4 Å². The van der Waals surface area contributed by atoms with Crippen molar-refractivity contribution in [1.29, 1.82) is 0 Å². The molecule has 0 saturated heterocycles. The maximum Gasteiger partial charge on any atom is 0.328 e. The molecule has 7 nitrogen and oxygen atoms in total. The van der Waals surface area contributed by atoms with Crippen LogP contribution in [-0.2, 0) is 9.59 Å². The van der Waals surface area contributed by atoms with Crippen LogP contribution in [0, 0.1) is 5.92 Å². The number of aliphatic hydroxyl groups excluding tert-OH is 1. The molecule has 5 N–H and O–H groups in total. The standard InChI is InChI=1S/C10H17NO2.C9H8O4/c12-9-3-1-2-7(6-9)10(13)11-8-4-5-8;10-7-3-1-6(5-8(7)11)2-4-9(12)13/h7-9,12H,1-6H2,(H,11,13);1-5,10-11H,(H,12,13)/b;4-2+. The number of carboxylic acids is 1. The molecule has 1 aromatic rings. The Kier molecular flexibility index (Phi) is 7.03. The Morgan fingerprint density at radius 3 is 2.38 bits per heavy atom. The fourth-order valence-corrected chi connectivity index (χ4v) is 2.76. The normalized spacial score (nSPS) is 22.3. The number of carboxylic acid groups (broad SMARTS) is 1. The van der Waals surface area contributed by atoms with Crippen molar-refractivity contribution in [2.24, 2.45) is 5.92 Å². The summed E-state index contributed by atoms with van der Waals surface area (Å²) in [6.45, 7) is 0. The lowest BCUT2D eigenvalue weighted by molar-refractivity contribution is -0.131. The van der Waals surface area contributed by atoms with Crippen LogP contribution >= 0.6 is 0 Å². The maximum absolute atomic E-state index is 11.6. The largest absolute Gasteiger partial charge is 0.504 e. The van der Waals surface area contributed by atoms with E-state index in [1.807, 2.05) is 0 Å². The predicted molar refractivity (Wildman–Crippen MR) is 95.6 cm³/mol. The lowest BCUT2D eigenvalue weighted by atomic mass is 9.87. The van der Waals surface area contributed by atoms with Gasteiger partial charge in [-0.1, -0.05) is 12.5 Å². The molecule has 142 valence electrons. The monoisotopic (exact) mass is 363 g/mol. The smallest absolute Gasteiger partial charge is 0.328 e. The number of carbonyl (C=O) groups excluding carboxylic acids is 1. The molecule has 1 amide bonds. The first-order valence-electron chi connectivity index (χ1n) is 8.76. The van der Waals surface area contributed by atoms with Crippen LogP contribution in [0.5, 0.6) is 11.5 Å². The van der Waals surface area contributed by atoms with Gasteiger partial charge in [-0.25, -0.2) is 4.79 Å². The zero-order valence-corrected chi connectivity index (χ0v) is 14.5. The molecule has 26 heavy (non-hydrogen) atoms. The Morgan fingerprint density at radius 1 is 1.08 bits per heavy atom. The molecule has 0 aliphatic heterocycles. The summed E-state index contributed by atoms with van der Waals surface area (Å²) in [5, 5.41) is 38.7. The van der Waals surface area contributed by atoms with Gasteiger partial charge in [0.15, 0.2) is 11.5 Å². The van der Waals surface area contributed by atoms with Gasteiger partial charge in [-0.15, -0.1) is 0 Å². The number of phenols is 2. The summed E-state index contributed by atoms with van der Waals surface area (Å²) < 4.78 is 0. The van der Waals surface area contributed by atoms with Gasteiger partial charge in [0.05, 0.1) is 6.10 Å². The molecular formula is C19H25NO6. The second-order valence-electron chi connectivity index (χ2n) is 6.72. The molecule has 7 heteroatoms. The number of benzene rings is 1. The highest BCUT2D eigenvalue weighted by Gasteiger charge is 2.30. The summed E-state index contributed by atoms with van der Waals surface area (Å²) in [5.74, 6) is -1.32. The highest BCUT2D eigenvalue weighted by Crippen LogP contribution is 2.26. The minimum Gasteiger partial charge on any atom is -0.504 e. The SMILES string of the molecule is O=C(NC1CC1)C1CCCC(O)C1.O=C(O)/C=C/c1ccc(O)c(O)c1. The van der Waals surface area contributed by atoms with Crippen molar-refractivity contribution < 1.29 is 30.0 Å². The summed E-state index contributed by atoms with van der Waals surface area (Å²) >= 11 is 0. The number of carbonyl (C=O) groups is 2. The third-order valence-electron chi connectivity index (χ3n) is 4.36. The van der Waals surface area contributed by atoms with Crippen molar-refractivity contribution in [3.05, 3.63) is 29.8 Å². The fourth-order valence-electron chi connectivity index (χ4n) is 2.76. The Balaban J connectivity index is 0.000000187. The molecule has 2 fully saturated rings. The summed E-state index contributed by atoms with van der Waals surface area (Å²) in [4.78, 5) is 21.7. The minimum absolute atomic E-state index is 0.0735. The van der Waals surface area contributed by atoms with Crippen LogP contribution in [0.3, 0.4) is 0 Å². The van der Waals surface area contributed by atoms with Gasteiger partial charge in [-0.05, 0) is 55.9 Å². The number of hydrogen-bond acceptors (Lipinski definition) is 5. The second-order valence-corrected chi connectivity index (χ2v) is 6.72. The van der Waals surface area contributed by atoms with Gasteiger partial charge in [0, 0.05) is 18.0 Å². The molecule has 3 rings (SSSR count). The Hall–Kier alpha value is -2.54. The van der Waals surface area contributed by atoms with Crippen LogP contribution in [0.1, 0.15) is 44.1 Å². The van der Waals surface area contributed by atoms with E-state index in [4.69, 9.17) is 15.3 Å². The first kappa shape index (κ1) is 19.8. The van der Waals surface area contributed by atoms with Gasteiger partial charge >= 0.3 is 5.97 Å². The Morgan fingerprint density at radius 2 is 1.81 bits per heavy atom. The molecule has 1 aromatic carbocycles. The van der Waals surface area contributed by atoms with Crippen molar-refractivity contribution in [3.63, 3.8) is 0 Å². The first-order chi connectivity index (χ1) is 12.3.